The molecule has 1 aliphatic heterocycles. The van der Waals surface area contributed by atoms with E-state index in [-0.39, 0.29) is 0 Å². The number of nitrogens with one attached hydrogen (secondary N) is 1. The van der Waals surface area contributed by atoms with E-state index in [1.165, 1.54) is 19.3 Å². The lowest BCUT2D eigenvalue weighted by molar-refractivity contribution is 0.313. The molecule has 0 atom stereocenters. The number of thiocarbonyl (C=S) groups is 1. The molecule has 0 aliphatic carbocycles. The second-order valence-corrected chi connectivity index (χ2v) is 4.95. The van der Waals surface area contributed by atoms with E-state index in [1.807, 2.05) is 7.05 Å². The van der Waals surface area contributed by atoms with Gasteiger partial charge in [0, 0.05) is 20.1 Å². The Labute approximate surface area is 86.7 Å². The molecule has 0 amide bonds. The summed E-state index contributed by atoms with van der Waals surface area (Å²) >= 11 is 5.23. The zero-order valence-electron chi connectivity index (χ0n) is 8.89. The molecule has 0 spiro atoms. The molecular weight excluding hydrogens is 180 g/mol. The summed E-state index contributed by atoms with van der Waals surface area (Å²) in [6.07, 6.45) is 3.82. The predicted octanol–water partition coefficient (Wildman–Crippen LogP) is 2.00. The maximum absolute atomic E-state index is 5.23. The number of nitrogens with zero attached hydrogens (tertiary/aromatic N) is 1. The quantitative estimate of drug-likeness (QED) is 0.602. The van der Waals surface area contributed by atoms with Crippen LogP contribution in [0.25, 0.3) is 0 Å². The molecule has 76 valence electrons. The molecule has 1 heterocycles. The van der Waals surface area contributed by atoms with E-state index in [1.54, 1.807) is 0 Å². The van der Waals surface area contributed by atoms with Crippen LogP contribution in [0.4, 0.5) is 0 Å². The fraction of sp³-hybridized carbons (Fsp3) is 0.900. The van der Waals surface area contributed by atoms with Gasteiger partial charge in [0.1, 0.15) is 0 Å². The molecule has 3 heteroatoms. The summed E-state index contributed by atoms with van der Waals surface area (Å²) < 4.78 is 0. The molecule has 0 unspecified atom stereocenters. The molecule has 1 fully saturated rings. The second kappa shape index (κ2) is 4.27. The first-order valence-electron chi connectivity index (χ1n) is 5.02. The predicted molar refractivity (Wildman–Crippen MR) is 60.9 cm³/mol. The van der Waals surface area contributed by atoms with Crippen LogP contribution in [0.15, 0.2) is 0 Å². The van der Waals surface area contributed by atoms with Crippen LogP contribution in [0, 0.1) is 5.41 Å². The monoisotopic (exact) mass is 200 g/mol. The Balaban J connectivity index is 2.49. The lowest BCUT2D eigenvalue weighted by Crippen LogP contribution is -2.38. The molecule has 1 N–H and O–H groups in total. The Kier molecular flexibility index (Phi) is 3.54. The average molecular weight is 200 g/mol. The summed E-state index contributed by atoms with van der Waals surface area (Å²) in [5.74, 6) is 0. The van der Waals surface area contributed by atoms with E-state index >= 15 is 0 Å². The maximum Gasteiger partial charge on any atom is 0.168 e. The molecule has 0 aromatic rings. The van der Waals surface area contributed by atoms with Crippen LogP contribution in [0.2, 0.25) is 0 Å². The van der Waals surface area contributed by atoms with Gasteiger partial charge in [-0.3, -0.25) is 0 Å². The molecule has 1 rings (SSSR count). The van der Waals surface area contributed by atoms with Crippen LogP contribution >= 0.6 is 12.2 Å². The van der Waals surface area contributed by atoms with Crippen LogP contribution in [0.5, 0.6) is 0 Å². The highest BCUT2D eigenvalue weighted by molar-refractivity contribution is 7.80. The minimum Gasteiger partial charge on any atom is -0.366 e. The first-order valence-corrected chi connectivity index (χ1v) is 5.43. The summed E-state index contributed by atoms with van der Waals surface area (Å²) in [6, 6.07) is 0. The molecule has 0 radical (unpaired) electrons. The van der Waals surface area contributed by atoms with Crippen LogP contribution < -0.4 is 5.32 Å². The van der Waals surface area contributed by atoms with Crippen molar-refractivity contribution in [1.82, 2.24) is 10.2 Å². The Hall–Kier alpha value is -0.310. The second-order valence-electron chi connectivity index (χ2n) is 4.56. The van der Waals surface area contributed by atoms with Crippen molar-refractivity contribution in [1.29, 1.82) is 0 Å². The molecule has 0 bridgehead atoms. The van der Waals surface area contributed by atoms with Crippen LogP contribution in [0.1, 0.15) is 33.1 Å². The smallest absolute Gasteiger partial charge is 0.168 e. The highest BCUT2D eigenvalue weighted by atomic mass is 32.1. The Bertz CT molecular complexity index is 189. The van der Waals surface area contributed by atoms with E-state index < -0.39 is 0 Å². The van der Waals surface area contributed by atoms with Crippen molar-refractivity contribution in [3.8, 4) is 0 Å². The summed E-state index contributed by atoms with van der Waals surface area (Å²) in [5, 5.41) is 3.95. The molecule has 0 saturated carbocycles. The van der Waals surface area contributed by atoms with Crippen molar-refractivity contribution in [3.63, 3.8) is 0 Å². The van der Waals surface area contributed by atoms with E-state index in [0.29, 0.717) is 5.41 Å². The average Bonchev–Trinajstić information content (AvgIpc) is 2.25. The summed E-state index contributed by atoms with van der Waals surface area (Å²) in [5.41, 5.74) is 0.498. The Morgan fingerprint density at radius 1 is 1.31 bits per heavy atom. The van der Waals surface area contributed by atoms with Crippen molar-refractivity contribution >= 4 is 17.3 Å². The van der Waals surface area contributed by atoms with Gasteiger partial charge in [0.2, 0.25) is 0 Å². The SMILES string of the molecule is CNC(=S)N1CCCC(C)(C)CC1. The first-order chi connectivity index (χ1) is 6.05. The van der Waals surface area contributed by atoms with Gasteiger partial charge in [-0.25, -0.2) is 0 Å². The standard InChI is InChI=1S/C10H20N2S/c1-10(2)5-4-7-12(8-6-10)9(13)11-3/h4-8H2,1-3H3,(H,11,13). The molecule has 1 aliphatic rings. The van der Waals surface area contributed by atoms with Gasteiger partial charge in [-0.05, 0) is 36.9 Å². The van der Waals surface area contributed by atoms with E-state index in [9.17, 15) is 0 Å². The molecule has 13 heavy (non-hydrogen) atoms. The van der Waals surface area contributed by atoms with Gasteiger partial charge >= 0.3 is 0 Å². The van der Waals surface area contributed by atoms with Gasteiger partial charge in [0.25, 0.3) is 0 Å². The van der Waals surface area contributed by atoms with Crippen molar-refractivity contribution in [3.05, 3.63) is 0 Å². The fourth-order valence-electron chi connectivity index (χ4n) is 1.78. The van der Waals surface area contributed by atoms with Gasteiger partial charge in [0.05, 0.1) is 0 Å². The minimum atomic E-state index is 0.498. The van der Waals surface area contributed by atoms with E-state index in [0.717, 1.165) is 18.2 Å². The zero-order valence-corrected chi connectivity index (χ0v) is 9.71. The lowest BCUT2D eigenvalue weighted by atomic mass is 9.85. The number of likely N-dealkylation sites (tertiary alicyclic amines) is 1. The Morgan fingerprint density at radius 3 is 2.62 bits per heavy atom. The largest absolute Gasteiger partial charge is 0.366 e. The summed E-state index contributed by atoms with van der Waals surface area (Å²) in [6.45, 7) is 6.91. The fourth-order valence-corrected chi connectivity index (χ4v) is 1.97. The first kappa shape index (κ1) is 10.8. The maximum atomic E-state index is 5.23. The molecule has 0 aromatic heterocycles. The van der Waals surface area contributed by atoms with Crippen molar-refractivity contribution < 1.29 is 0 Å². The van der Waals surface area contributed by atoms with E-state index in [2.05, 4.69) is 24.1 Å². The van der Waals surface area contributed by atoms with Crippen LogP contribution in [0.3, 0.4) is 0 Å². The summed E-state index contributed by atoms with van der Waals surface area (Å²) in [7, 11) is 1.90. The molecule has 0 aromatic carbocycles. The third-order valence-corrected chi connectivity index (χ3v) is 3.30. The van der Waals surface area contributed by atoms with Gasteiger partial charge in [-0.1, -0.05) is 13.8 Å². The third-order valence-electron chi connectivity index (χ3n) is 2.84. The van der Waals surface area contributed by atoms with Gasteiger partial charge < -0.3 is 10.2 Å². The molecular formula is C10H20N2S. The normalized spacial score (nSPS) is 22.2. The lowest BCUT2D eigenvalue weighted by Gasteiger charge is -2.24. The van der Waals surface area contributed by atoms with Crippen LogP contribution in [-0.4, -0.2) is 30.1 Å². The topological polar surface area (TPSA) is 15.3 Å². The highest BCUT2D eigenvalue weighted by Crippen LogP contribution is 2.29. The van der Waals surface area contributed by atoms with Crippen molar-refractivity contribution in [2.24, 2.45) is 5.41 Å². The molecule has 2 nitrogen and oxygen atoms in total. The molecule has 1 saturated heterocycles. The van der Waals surface area contributed by atoms with Crippen molar-refractivity contribution in [2.75, 3.05) is 20.1 Å². The Morgan fingerprint density at radius 2 is 2.00 bits per heavy atom. The van der Waals surface area contributed by atoms with Gasteiger partial charge in [-0.15, -0.1) is 0 Å². The zero-order chi connectivity index (χ0) is 9.90. The third kappa shape index (κ3) is 3.14. The minimum absolute atomic E-state index is 0.498. The van der Waals surface area contributed by atoms with Crippen LogP contribution in [-0.2, 0) is 0 Å². The van der Waals surface area contributed by atoms with Crippen molar-refractivity contribution in [2.45, 2.75) is 33.1 Å². The van der Waals surface area contributed by atoms with E-state index in [4.69, 9.17) is 12.2 Å². The van der Waals surface area contributed by atoms with Gasteiger partial charge in [-0.2, -0.15) is 0 Å². The summed E-state index contributed by atoms with van der Waals surface area (Å²) in [4.78, 5) is 2.28. The number of rotatable bonds is 0. The number of hydrogen-bond donors (Lipinski definition) is 1. The number of hydrogen-bond acceptors (Lipinski definition) is 1. The van der Waals surface area contributed by atoms with Gasteiger partial charge in [0.15, 0.2) is 5.11 Å². The highest BCUT2D eigenvalue weighted by Gasteiger charge is 2.23.